The van der Waals surface area contributed by atoms with Crippen molar-refractivity contribution in [1.29, 1.82) is 0 Å². The van der Waals surface area contributed by atoms with Crippen LogP contribution in [-0.4, -0.2) is 151 Å². The molecule has 2 aliphatic rings. The van der Waals surface area contributed by atoms with E-state index >= 15 is 0 Å². The van der Waals surface area contributed by atoms with Crippen LogP contribution in [-0.2, 0) is 12.8 Å². The molecule has 4 heterocycles. The van der Waals surface area contributed by atoms with Gasteiger partial charge in [0.25, 0.3) is 23.6 Å². The third kappa shape index (κ3) is 17.3. The van der Waals surface area contributed by atoms with Gasteiger partial charge in [-0.2, -0.15) is 0 Å². The van der Waals surface area contributed by atoms with Crippen LogP contribution in [0, 0.1) is 11.6 Å². The molecule has 0 spiro atoms. The molecular weight excluding hydrogens is 1140 g/mol. The van der Waals surface area contributed by atoms with Crippen molar-refractivity contribution in [2.45, 2.75) is 50.7 Å². The van der Waals surface area contributed by atoms with Crippen LogP contribution in [0.15, 0.2) is 170 Å². The van der Waals surface area contributed by atoms with Crippen LogP contribution in [0.1, 0.15) is 78.2 Å². The van der Waals surface area contributed by atoms with Gasteiger partial charge in [0, 0.05) is 180 Å². The largest absolute Gasteiger partial charge is 0.474 e. The molecule has 16 nitrogen and oxygen atoms in total. The number of likely N-dealkylation sites (tertiary alicyclic amines) is 2. The number of pyridine rings is 2. The van der Waals surface area contributed by atoms with Gasteiger partial charge in [-0.05, 0) is 132 Å². The van der Waals surface area contributed by atoms with Crippen LogP contribution in [0.25, 0.3) is 22.3 Å². The van der Waals surface area contributed by atoms with Gasteiger partial charge in [-0.1, -0.05) is 48.5 Å². The Morgan fingerprint density at radius 2 is 0.756 bits per heavy atom. The van der Waals surface area contributed by atoms with Gasteiger partial charge in [-0.15, -0.1) is 0 Å². The van der Waals surface area contributed by atoms with Crippen molar-refractivity contribution in [3.8, 4) is 34.0 Å². The average Bonchev–Trinajstić information content (AvgIpc) is 1.49. The number of hydrogen-bond acceptors (Lipinski definition) is 12. The van der Waals surface area contributed by atoms with Crippen molar-refractivity contribution < 1.29 is 37.4 Å². The number of carbonyl (C=O) groups is 4. The first-order valence-electron chi connectivity index (χ1n) is 30.4. The van der Waals surface area contributed by atoms with E-state index in [0.717, 1.165) is 68.3 Å². The second-order valence-electron chi connectivity index (χ2n) is 23.4. The molecule has 4 amide bonds. The normalized spacial score (nSPS) is 13.3. The van der Waals surface area contributed by atoms with Crippen molar-refractivity contribution in [3.63, 3.8) is 0 Å². The minimum atomic E-state index is -0.563. The van der Waals surface area contributed by atoms with Crippen molar-refractivity contribution in [3.05, 3.63) is 215 Å². The fourth-order valence-electron chi connectivity index (χ4n) is 10.7. The summed E-state index contributed by atoms with van der Waals surface area (Å²) in [6.45, 7) is 2.54. The molecule has 0 saturated carbocycles. The number of piperidine rings is 2. The second-order valence-corrected chi connectivity index (χ2v) is 23.4. The zero-order valence-electron chi connectivity index (χ0n) is 52.6. The van der Waals surface area contributed by atoms with Gasteiger partial charge in [0.05, 0.1) is 22.3 Å². The Hall–Kier alpha value is -9.84. The van der Waals surface area contributed by atoms with E-state index in [2.05, 4.69) is 78.9 Å². The Kier molecular flexibility index (Phi) is 21.8. The number of benzene rings is 6. The Labute approximate surface area is 527 Å². The van der Waals surface area contributed by atoms with Crippen LogP contribution >= 0.6 is 0 Å². The molecular formula is C72H80F2N10O6. The fraction of sp³-hybridized carbons (Fsp3) is 0.306. The molecule has 8 aromatic rings. The number of nitrogens with one attached hydrogen (secondary N) is 2. The minimum Gasteiger partial charge on any atom is -0.474 e. The topological polar surface area (TPSA) is 156 Å². The third-order valence-corrected chi connectivity index (χ3v) is 16.2. The predicted molar refractivity (Wildman–Crippen MR) is 354 cm³/mol. The molecule has 2 fully saturated rings. The van der Waals surface area contributed by atoms with Crippen LogP contribution in [0.4, 0.5) is 31.5 Å². The first-order chi connectivity index (χ1) is 43.3. The maximum atomic E-state index is 14.3. The average molecular weight is 1220 g/mol. The number of aromatic nitrogens is 2. The smallest absolute Gasteiger partial charge is 0.254 e. The number of hydrogen-bond donors (Lipinski definition) is 2. The summed E-state index contributed by atoms with van der Waals surface area (Å²) in [6.07, 6.45) is 7.12. The molecule has 0 unspecified atom stereocenters. The number of nitrogens with zero attached hydrogens (tertiary/aromatic N) is 8. The number of carbonyl (C=O) groups excluding carboxylic acids is 4. The highest BCUT2D eigenvalue weighted by molar-refractivity contribution is 6.08. The van der Waals surface area contributed by atoms with E-state index in [-0.39, 0.29) is 46.3 Å². The van der Waals surface area contributed by atoms with Crippen molar-refractivity contribution in [2.24, 2.45) is 0 Å². The van der Waals surface area contributed by atoms with Crippen LogP contribution < -0.4 is 39.7 Å². The monoisotopic (exact) mass is 1220 g/mol. The summed E-state index contributed by atoms with van der Waals surface area (Å²) in [7, 11) is 16.0. The molecule has 2 aromatic heterocycles. The lowest BCUT2D eigenvalue weighted by Gasteiger charge is -2.32. The molecule has 0 bridgehead atoms. The minimum absolute atomic E-state index is 0.0435. The fourth-order valence-corrected chi connectivity index (χ4v) is 10.7. The van der Waals surface area contributed by atoms with E-state index in [1.807, 2.05) is 139 Å². The first kappa shape index (κ1) is 64.6. The second kappa shape index (κ2) is 30.4. The van der Waals surface area contributed by atoms with E-state index in [0.29, 0.717) is 89.6 Å². The summed E-state index contributed by atoms with van der Waals surface area (Å²) in [5, 5.41) is 5.74. The summed E-state index contributed by atoms with van der Waals surface area (Å²) in [5.74, 6) is -1.57. The lowest BCUT2D eigenvalue weighted by molar-refractivity contribution is 0.0577. The zero-order chi connectivity index (χ0) is 63.8. The SMILES string of the molecule is CN(C)c1ccc(CCNC(=O)c2cc(F)ccc2C(=O)N2CCC(Oc3ccc(-c4ccc(N(C)C)cc4)cn3)CC2)cc1.CN(C)c1ccc(CCNC(=O)c2ccc(F)cc2C(=O)N2CCC(Oc3ccc(-c4ccc(N(C)C)cc4)cn3)CC2)cc1. The zero-order valence-corrected chi connectivity index (χ0v) is 52.6. The Morgan fingerprint density at radius 1 is 0.422 bits per heavy atom. The summed E-state index contributed by atoms with van der Waals surface area (Å²) in [6, 6.07) is 48.0. The summed E-state index contributed by atoms with van der Waals surface area (Å²) in [5.41, 5.74) is 11.2. The Balaban J connectivity index is 0.000000213. The standard InChI is InChI=1S/2C36H40FN5O3/c1-40(2)29-11-5-25(6-12-29)17-20-38-35(43)33-23-28(37)10-15-32(33)36(44)42-21-18-31(19-22-42)45-34-16-9-27(24-39-34)26-7-13-30(14-8-26)41(3)4;1-40(2)29-11-5-25(6-12-29)17-20-38-35(43)32-15-10-28(37)23-33(32)36(44)42-21-18-31(19-22-42)45-34-16-9-27(24-39-34)26-7-13-30(14-8-26)41(3)4/h2*5-16,23-24,31H,17-22H2,1-4H3,(H,38,43). The lowest BCUT2D eigenvalue weighted by Crippen LogP contribution is -2.42. The van der Waals surface area contributed by atoms with E-state index in [1.165, 1.54) is 24.3 Å². The number of halogens is 2. The van der Waals surface area contributed by atoms with Gasteiger partial charge >= 0.3 is 0 Å². The highest BCUT2D eigenvalue weighted by Crippen LogP contribution is 2.28. The number of anilines is 4. The van der Waals surface area contributed by atoms with Gasteiger partial charge in [0.1, 0.15) is 23.8 Å². The highest BCUT2D eigenvalue weighted by Gasteiger charge is 2.30. The molecule has 6 aromatic carbocycles. The number of amides is 4. The third-order valence-electron chi connectivity index (χ3n) is 16.2. The first-order valence-corrected chi connectivity index (χ1v) is 30.4. The number of rotatable bonds is 20. The van der Waals surface area contributed by atoms with E-state index in [9.17, 15) is 28.0 Å². The molecule has 2 N–H and O–H groups in total. The van der Waals surface area contributed by atoms with E-state index < -0.39 is 23.4 Å². The lowest BCUT2D eigenvalue weighted by atomic mass is 10.0. The molecule has 10 rings (SSSR count). The summed E-state index contributed by atoms with van der Waals surface area (Å²) in [4.78, 5) is 73.6. The van der Waals surface area contributed by atoms with E-state index in [1.54, 1.807) is 22.2 Å². The Morgan fingerprint density at radius 3 is 1.12 bits per heavy atom. The molecule has 468 valence electrons. The summed E-state index contributed by atoms with van der Waals surface area (Å²) < 4.78 is 40.7. The number of ether oxygens (including phenoxy) is 2. The van der Waals surface area contributed by atoms with Crippen molar-refractivity contribution >= 4 is 46.4 Å². The van der Waals surface area contributed by atoms with Gasteiger partial charge in [0.15, 0.2) is 0 Å². The van der Waals surface area contributed by atoms with Crippen LogP contribution in [0.3, 0.4) is 0 Å². The predicted octanol–water partition coefficient (Wildman–Crippen LogP) is 11.4. The van der Waals surface area contributed by atoms with Gasteiger partial charge in [0.2, 0.25) is 11.8 Å². The van der Waals surface area contributed by atoms with Crippen LogP contribution in [0.5, 0.6) is 11.8 Å². The summed E-state index contributed by atoms with van der Waals surface area (Å²) >= 11 is 0. The molecule has 2 aliphatic heterocycles. The van der Waals surface area contributed by atoms with E-state index in [4.69, 9.17) is 9.47 Å². The van der Waals surface area contributed by atoms with Gasteiger partial charge in [-0.3, -0.25) is 19.2 Å². The Bertz CT molecular complexity index is 3680. The van der Waals surface area contributed by atoms with Crippen molar-refractivity contribution in [1.82, 2.24) is 30.4 Å². The maximum absolute atomic E-state index is 14.3. The van der Waals surface area contributed by atoms with Gasteiger partial charge < -0.3 is 49.5 Å². The van der Waals surface area contributed by atoms with Crippen molar-refractivity contribution in [2.75, 3.05) is 115 Å². The quantitative estimate of drug-likeness (QED) is 0.0746. The molecule has 90 heavy (non-hydrogen) atoms. The van der Waals surface area contributed by atoms with Gasteiger partial charge in [-0.25, -0.2) is 18.7 Å². The molecule has 0 radical (unpaired) electrons. The molecule has 18 heteroatoms. The highest BCUT2D eigenvalue weighted by atomic mass is 19.1. The van der Waals surface area contributed by atoms with Crippen LogP contribution in [0.2, 0.25) is 0 Å². The molecule has 0 aliphatic carbocycles. The maximum Gasteiger partial charge on any atom is 0.254 e. The molecule has 0 atom stereocenters. The molecule has 2 saturated heterocycles.